The Morgan fingerprint density at radius 1 is 1.47 bits per heavy atom. The zero-order valence-corrected chi connectivity index (χ0v) is 10.8. The summed E-state index contributed by atoms with van der Waals surface area (Å²) in [5, 5.41) is 3.50. The lowest BCUT2D eigenvalue weighted by atomic mass is 10.0. The van der Waals surface area contributed by atoms with Crippen molar-refractivity contribution in [2.24, 2.45) is 0 Å². The van der Waals surface area contributed by atoms with Crippen molar-refractivity contribution in [1.82, 2.24) is 5.32 Å². The molecule has 0 aromatic heterocycles. The highest BCUT2D eigenvalue weighted by atomic mass is 16.5. The van der Waals surface area contributed by atoms with Crippen molar-refractivity contribution >= 4 is 0 Å². The molecular weight excluding hydrogens is 214 g/mol. The summed E-state index contributed by atoms with van der Waals surface area (Å²) >= 11 is 0. The normalized spacial score (nSPS) is 23.4. The van der Waals surface area contributed by atoms with Gasteiger partial charge in [0.1, 0.15) is 5.75 Å². The summed E-state index contributed by atoms with van der Waals surface area (Å²) < 4.78 is 11.1. The lowest BCUT2D eigenvalue weighted by molar-refractivity contribution is -0.0207. The molecule has 0 bridgehead atoms. The Kier molecular flexibility index (Phi) is 3.69. The molecule has 3 nitrogen and oxygen atoms in total. The molecule has 1 unspecified atom stereocenters. The number of rotatable bonds is 3. The molecule has 2 rings (SSSR count). The topological polar surface area (TPSA) is 30.5 Å². The summed E-state index contributed by atoms with van der Waals surface area (Å²) in [7, 11) is 1.69. The van der Waals surface area contributed by atoms with Gasteiger partial charge in [-0.15, -0.1) is 0 Å². The second-order valence-corrected chi connectivity index (χ2v) is 5.25. The van der Waals surface area contributed by atoms with Gasteiger partial charge in [-0.3, -0.25) is 0 Å². The van der Waals surface area contributed by atoms with Crippen molar-refractivity contribution in [2.75, 3.05) is 20.3 Å². The predicted molar refractivity (Wildman–Crippen MR) is 68.5 cm³/mol. The highest BCUT2D eigenvalue weighted by Gasteiger charge is 2.26. The van der Waals surface area contributed by atoms with Crippen LogP contribution in [0.1, 0.15) is 19.4 Å². The van der Waals surface area contributed by atoms with E-state index in [1.54, 1.807) is 7.11 Å². The van der Waals surface area contributed by atoms with Crippen LogP contribution in [0.5, 0.6) is 5.75 Å². The molecule has 94 valence electrons. The first kappa shape index (κ1) is 12.4. The molecule has 1 aliphatic rings. The maximum atomic E-state index is 5.87. The number of methoxy groups -OCH3 is 1. The summed E-state index contributed by atoms with van der Waals surface area (Å²) in [6.45, 7) is 6.00. The van der Waals surface area contributed by atoms with Crippen LogP contribution >= 0.6 is 0 Å². The molecule has 1 fully saturated rings. The highest BCUT2D eigenvalue weighted by Crippen LogP contribution is 2.18. The minimum atomic E-state index is 0.102. The third-order valence-electron chi connectivity index (χ3n) is 3.09. The molecule has 1 saturated heterocycles. The van der Waals surface area contributed by atoms with E-state index in [1.807, 2.05) is 12.1 Å². The minimum Gasteiger partial charge on any atom is -0.497 e. The van der Waals surface area contributed by atoms with E-state index in [0.29, 0.717) is 0 Å². The highest BCUT2D eigenvalue weighted by molar-refractivity contribution is 5.28. The number of benzene rings is 1. The number of nitrogens with one attached hydrogen (secondary N) is 1. The van der Waals surface area contributed by atoms with Crippen LogP contribution in [-0.2, 0) is 11.2 Å². The van der Waals surface area contributed by atoms with E-state index < -0.39 is 0 Å². The second-order valence-electron chi connectivity index (χ2n) is 5.25. The monoisotopic (exact) mass is 235 g/mol. The van der Waals surface area contributed by atoms with Crippen LogP contribution < -0.4 is 10.1 Å². The van der Waals surface area contributed by atoms with Crippen molar-refractivity contribution in [3.05, 3.63) is 29.8 Å². The van der Waals surface area contributed by atoms with Crippen LogP contribution in [0, 0.1) is 0 Å². The largest absolute Gasteiger partial charge is 0.497 e. The van der Waals surface area contributed by atoms with Crippen molar-refractivity contribution in [3.8, 4) is 5.75 Å². The van der Waals surface area contributed by atoms with E-state index in [2.05, 4.69) is 31.3 Å². The average Bonchev–Trinajstić information content (AvgIpc) is 2.32. The zero-order chi connectivity index (χ0) is 12.3. The van der Waals surface area contributed by atoms with Gasteiger partial charge in [0, 0.05) is 18.5 Å². The molecule has 0 spiro atoms. The van der Waals surface area contributed by atoms with Gasteiger partial charge in [-0.05, 0) is 31.5 Å². The number of ether oxygens (including phenoxy) is 2. The lowest BCUT2D eigenvalue weighted by Gasteiger charge is -2.36. The smallest absolute Gasteiger partial charge is 0.119 e. The molecule has 0 saturated carbocycles. The Hall–Kier alpha value is -1.06. The van der Waals surface area contributed by atoms with E-state index in [1.165, 1.54) is 5.56 Å². The predicted octanol–water partition coefficient (Wildman–Crippen LogP) is 2.00. The van der Waals surface area contributed by atoms with Gasteiger partial charge in [0.15, 0.2) is 0 Å². The summed E-state index contributed by atoms with van der Waals surface area (Å²) in [5.74, 6) is 0.909. The van der Waals surface area contributed by atoms with Crippen molar-refractivity contribution in [3.63, 3.8) is 0 Å². The van der Waals surface area contributed by atoms with Crippen molar-refractivity contribution < 1.29 is 9.47 Å². The fourth-order valence-electron chi connectivity index (χ4n) is 2.02. The molecule has 1 aromatic carbocycles. The molecule has 1 aliphatic heterocycles. The fraction of sp³-hybridized carbons (Fsp3) is 0.571. The molecular formula is C14H21NO2. The first-order valence-electron chi connectivity index (χ1n) is 6.09. The molecule has 1 aromatic rings. The van der Waals surface area contributed by atoms with Gasteiger partial charge >= 0.3 is 0 Å². The van der Waals surface area contributed by atoms with Gasteiger partial charge in [-0.2, -0.15) is 0 Å². The van der Waals surface area contributed by atoms with Gasteiger partial charge in [0.25, 0.3) is 0 Å². The minimum absolute atomic E-state index is 0.102. The second kappa shape index (κ2) is 5.07. The number of morpholine rings is 1. The molecule has 0 aliphatic carbocycles. The average molecular weight is 235 g/mol. The first-order chi connectivity index (χ1) is 8.09. The summed E-state index contributed by atoms with van der Waals surface area (Å²) in [6.07, 6.45) is 1.19. The Morgan fingerprint density at radius 3 is 2.94 bits per heavy atom. The third kappa shape index (κ3) is 3.45. The van der Waals surface area contributed by atoms with E-state index in [9.17, 15) is 0 Å². The summed E-state index contributed by atoms with van der Waals surface area (Å²) in [6, 6.07) is 8.18. The number of hydrogen-bond donors (Lipinski definition) is 1. The Balaban J connectivity index is 1.93. The maximum absolute atomic E-state index is 5.87. The lowest BCUT2D eigenvalue weighted by Crippen LogP contribution is -2.53. The fourth-order valence-corrected chi connectivity index (χ4v) is 2.02. The molecule has 1 heterocycles. The maximum Gasteiger partial charge on any atom is 0.119 e. The Morgan fingerprint density at radius 2 is 2.29 bits per heavy atom. The van der Waals surface area contributed by atoms with Gasteiger partial charge < -0.3 is 14.8 Å². The van der Waals surface area contributed by atoms with Gasteiger partial charge in [0.05, 0.1) is 19.8 Å². The quantitative estimate of drug-likeness (QED) is 0.869. The van der Waals surface area contributed by atoms with E-state index in [4.69, 9.17) is 9.47 Å². The third-order valence-corrected chi connectivity index (χ3v) is 3.09. The molecule has 1 atom stereocenters. The standard InChI is InChI=1S/C14H21NO2/c1-14(2)10-17-13(9-15-14)8-11-5-4-6-12(7-11)16-3/h4-7,13,15H,8-10H2,1-3H3. The zero-order valence-electron chi connectivity index (χ0n) is 10.8. The van der Waals surface area contributed by atoms with E-state index >= 15 is 0 Å². The molecule has 0 amide bonds. The first-order valence-corrected chi connectivity index (χ1v) is 6.09. The molecule has 0 radical (unpaired) electrons. The van der Waals surface area contributed by atoms with E-state index in [-0.39, 0.29) is 11.6 Å². The summed E-state index contributed by atoms with van der Waals surface area (Å²) in [4.78, 5) is 0. The Bertz CT molecular complexity index is 366. The van der Waals surface area contributed by atoms with Crippen LogP contribution in [-0.4, -0.2) is 31.9 Å². The van der Waals surface area contributed by atoms with Crippen molar-refractivity contribution in [2.45, 2.75) is 31.9 Å². The van der Waals surface area contributed by atoms with Crippen molar-refractivity contribution in [1.29, 1.82) is 0 Å². The van der Waals surface area contributed by atoms with E-state index in [0.717, 1.165) is 25.3 Å². The Labute approximate surface area is 103 Å². The SMILES string of the molecule is COc1cccc(CC2CNC(C)(C)CO2)c1. The van der Waals surface area contributed by atoms with Gasteiger partial charge in [-0.25, -0.2) is 0 Å². The van der Waals surface area contributed by atoms with Crippen LogP contribution in [0.25, 0.3) is 0 Å². The van der Waals surface area contributed by atoms with Crippen LogP contribution in [0.2, 0.25) is 0 Å². The van der Waals surface area contributed by atoms with Gasteiger partial charge in [0.2, 0.25) is 0 Å². The van der Waals surface area contributed by atoms with Crippen LogP contribution in [0.3, 0.4) is 0 Å². The molecule has 17 heavy (non-hydrogen) atoms. The van der Waals surface area contributed by atoms with Crippen LogP contribution in [0.4, 0.5) is 0 Å². The number of hydrogen-bond acceptors (Lipinski definition) is 3. The molecule has 3 heteroatoms. The molecule has 1 N–H and O–H groups in total. The van der Waals surface area contributed by atoms with Gasteiger partial charge in [-0.1, -0.05) is 12.1 Å². The van der Waals surface area contributed by atoms with Crippen LogP contribution in [0.15, 0.2) is 24.3 Å². The summed E-state index contributed by atoms with van der Waals surface area (Å²) in [5.41, 5.74) is 1.36.